The third-order valence-electron chi connectivity index (χ3n) is 18.8. The molecule has 90 heavy (non-hydrogen) atoms. The summed E-state index contributed by atoms with van der Waals surface area (Å²) in [7, 11) is -4.71. The number of anilines is 2. The molecule has 2 unspecified atom stereocenters. The number of hydrogen-bond donors (Lipinski definition) is 2. The fourth-order valence-electron chi connectivity index (χ4n) is 15.3. The summed E-state index contributed by atoms with van der Waals surface area (Å²) < 4.78 is 104. The van der Waals surface area contributed by atoms with Crippen molar-refractivity contribution in [1.29, 1.82) is 6.69 Å². The number of amides is 2. The lowest BCUT2D eigenvalue weighted by molar-refractivity contribution is -0.173. The van der Waals surface area contributed by atoms with E-state index in [9.17, 15) is 28.0 Å². The van der Waals surface area contributed by atoms with Gasteiger partial charge >= 0.3 is 25.6 Å². The highest BCUT2D eigenvalue weighted by molar-refractivity contribution is 7.62. The van der Waals surface area contributed by atoms with Crippen molar-refractivity contribution in [1.82, 2.24) is 14.9 Å². The number of alkyl halides is 3. The molecule has 0 aromatic heterocycles. The van der Waals surface area contributed by atoms with E-state index in [0.29, 0.717) is 37.8 Å². The summed E-state index contributed by atoms with van der Waals surface area (Å²) in [5.74, 6) is -2.81. The number of carbonyl (C=O) groups is 3. The SMILES string of the molecule is [2H]C[C@@H]1C[C@@H](OP(OCCC#N)N(C(C)C)C(C)C)CN1C(=O)CCCCCOP(=O)(OCCCCNC(=O)C(F)(F)F)c1cc(Cl)c2c(c1)C1(OC2=O)c2cc3c4c(c2C(C)(C)c2c1cc1c5c2CCCN5C(C)(C)C=C1C)CCCN4C(C)(C)C=C3C.[3H]OC. The number of carbonyl (C=O) groups excluding carboxylic acids is 3. The molecule has 492 valence electrons. The maximum absolute atomic E-state index is 16.0. The van der Waals surface area contributed by atoms with Gasteiger partial charge in [0.2, 0.25) is 7.34 Å². The first-order valence-corrected chi connectivity index (χ1v) is 34.9. The highest BCUT2D eigenvalue weighted by atomic mass is 35.5. The highest BCUT2D eigenvalue weighted by Crippen LogP contribution is 2.65. The Hall–Kier alpha value is -4.86. The number of nitrogens with zero attached hydrogens (tertiary/aromatic N) is 5. The van der Waals surface area contributed by atoms with E-state index in [1.165, 1.54) is 35.7 Å². The third kappa shape index (κ3) is 12.8. The molecular weight excluding hydrogens is 1220 g/mol. The fraction of sp³-hybridized carbons (Fsp3) is 0.618. The zero-order valence-electron chi connectivity index (χ0n) is 56.6. The molecule has 2 amide bonds. The van der Waals surface area contributed by atoms with E-state index < -0.39 is 45.2 Å². The molecule has 1 fully saturated rings. The Morgan fingerprint density at radius 1 is 0.900 bits per heavy atom. The summed E-state index contributed by atoms with van der Waals surface area (Å²) in [6.07, 6.45) is 4.96. The molecule has 1 aliphatic carbocycles. The second-order valence-corrected chi connectivity index (χ2v) is 30.9. The monoisotopic (exact) mass is 1310 g/mol. The maximum atomic E-state index is 16.0. The first-order valence-electron chi connectivity index (χ1n) is 33.0. The summed E-state index contributed by atoms with van der Waals surface area (Å²) >= 11 is 7.41. The number of aliphatic hydroxyl groups excluding tert-OH is 1. The highest BCUT2D eigenvalue weighted by Gasteiger charge is 2.60. The summed E-state index contributed by atoms with van der Waals surface area (Å²) in [6, 6.07) is 9.55. The number of allylic oxidation sites excluding steroid dienone is 2. The first-order chi connectivity index (χ1) is 43.3. The molecule has 1 saturated heterocycles. The first kappa shape index (κ1) is 66.6. The Morgan fingerprint density at radius 2 is 1.46 bits per heavy atom. The number of unbranched alkanes of at least 4 members (excludes halogenated alkanes) is 3. The Labute approximate surface area is 539 Å². The van der Waals surface area contributed by atoms with E-state index >= 15 is 9.36 Å². The summed E-state index contributed by atoms with van der Waals surface area (Å²) in [4.78, 5) is 47.6. The number of rotatable bonds is 22. The van der Waals surface area contributed by atoms with Gasteiger partial charge in [0, 0.05) is 104 Å². The number of nitriles is 1. The largest absolute Gasteiger partial charge is 0.471 e. The van der Waals surface area contributed by atoms with Gasteiger partial charge in [0.1, 0.15) is 0 Å². The zero-order valence-corrected chi connectivity index (χ0v) is 57.2. The molecule has 2 N–H and O–H groups in total. The zero-order chi connectivity index (χ0) is 67.2. The van der Waals surface area contributed by atoms with E-state index in [4.69, 9.17) is 37.2 Å². The number of ether oxygens (including phenoxy) is 1. The van der Waals surface area contributed by atoms with Crippen molar-refractivity contribution in [2.75, 3.05) is 62.9 Å². The van der Waals surface area contributed by atoms with Gasteiger partial charge in [0.25, 0.3) is 8.53 Å². The number of benzene rings is 3. The summed E-state index contributed by atoms with van der Waals surface area (Å²) in [5.41, 5.74) is 10.7. The van der Waals surface area contributed by atoms with Crippen LogP contribution in [0.15, 0.2) is 36.4 Å². The van der Waals surface area contributed by atoms with Gasteiger partial charge in [-0.25, -0.2) is 9.46 Å². The number of hydrogen-bond acceptors (Lipinski definition) is 14. The summed E-state index contributed by atoms with van der Waals surface area (Å²) in [6.45, 7) is 27.8. The maximum Gasteiger partial charge on any atom is 0.471 e. The molecule has 0 bridgehead atoms. The average molecular weight is 1310 g/mol. The van der Waals surface area contributed by atoms with Crippen molar-refractivity contribution in [2.45, 2.75) is 220 Å². The minimum absolute atomic E-state index is 0.00182. The number of likely N-dealkylation sites (tertiary alicyclic amines) is 1. The number of nitrogens with one attached hydrogen (secondary N) is 1. The van der Waals surface area contributed by atoms with Gasteiger partial charge in [0.05, 0.1) is 65.4 Å². The topological polar surface area (TPSA) is 183 Å². The Balaban J connectivity index is 0.00000327. The van der Waals surface area contributed by atoms with Gasteiger partial charge in [0.15, 0.2) is 5.60 Å². The molecule has 4 atom stereocenters. The van der Waals surface area contributed by atoms with Gasteiger partial charge < -0.3 is 48.0 Å². The van der Waals surface area contributed by atoms with Gasteiger partial charge in [-0.2, -0.15) is 18.4 Å². The van der Waals surface area contributed by atoms with Crippen LogP contribution in [0.2, 0.25) is 5.02 Å². The van der Waals surface area contributed by atoms with Crippen molar-refractivity contribution < 1.29 is 61.4 Å². The number of aliphatic hydroxyl groups is 1. The van der Waals surface area contributed by atoms with Crippen molar-refractivity contribution in [2.24, 2.45) is 0 Å². The van der Waals surface area contributed by atoms with E-state index in [2.05, 4.69) is 133 Å². The van der Waals surface area contributed by atoms with Crippen LogP contribution in [0.5, 0.6) is 0 Å². The van der Waals surface area contributed by atoms with Crippen molar-refractivity contribution in [3.8, 4) is 6.07 Å². The number of halogens is 4. The molecule has 1 spiro atoms. The van der Waals surface area contributed by atoms with E-state index in [1.807, 2.05) is 5.32 Å². The lowest BCUT2D eigenvalue weighted by Gasteiger charge is -2.54. The third-order valence-corrected chi connectivity index (χ3v) is 23.3. The van der Waals surface area contributed by atoms with Crippen molar-refractivity contribution in [3.05, 3.63) is 97.1 Å². The van der Waals surface area contributed by atoms with Gasteiger partial charge in [-0.15, -0.1) is 0 Å². The quantitative estimate of drug-likeness (QED) is 0.0550. The number of fused-ring (bicyclic) bond motifs is 8. The normalized spacial score (nSPS) is 21.5. The Morgan fingerprint density at radius 3 is 1.98 bits per heavy atom. The van der Waals surface area contributed by atoms with Crippen LogP contribution in [-0.4, -0.2) is 128 Å². The summed E-state index contributed by atoms with van der Waals surface area (Å²) in [5, 5.41) is 14.7. The molecule has 6 aliphatic heterocycles. The molecule has 6 heterocycles. The minimum Gasteiger partial charge on any atom is -0.441 e. The van der Waals surface area contributed by atoms with Crippen LogP contribution in [0.25, 0.3) is 11.1 Å². The standard InChI is InChI=1S/C67H88ClF3N6O9P2.CH4O/c1-40(2)77(41(3)4)87(82-29-21-25-72)86-45-32-44(7)74(39-45)55(78)24-15-14-17-30-83-88(81,84-31-18-16-26-73-62(80)67(69,70)71)46-33-51-56(54(68)34-46)61(79)85-66(51)52-35-49-42(5)37-63(8,9)75-27-19-22-47(59(49)75)57(52)65(12,13)58-48-23-20-28-76-60(48)50(36-53(58)66)43(6)38-64(76,10)11;1-2/h33-38,40-41,44-45H,14-24,26-32,39H2,1-13H3,(H,73,80);2H,1H3/t44-,45-,87?,88?;/m1./s1/i7D;2T. The van der Waals surface area contributed by atoms with Gasteiger partial charge in [-0.1, -0.05) is 44.0 Å². The van der Waals surface area contributed by atoms with E-state index in [0.717, 1.165) is 83.3 Å². The molecule has 0 saturated carbocycles. The minimum atomic E-state index is -5.05. The van der Waals surface area contributed by atoms with Gasteiger partial charge in [-0.3, -0.25) is 14.2 Å². The molecule has 10 rings (SSSR count). The predicted octanol–water partition coefficient (Wildman–Crippen LogP) is 14.1. The Kier molecular flexibility index (Phi) is 19.9. The molecule has 22 heteroatoms. The molecule has 16 nitrogen and oxygen atoms in total. The Bertz CT molecular complexity index is 3370. The second kappa shape index (κ2) is 26.9. The van der Waals surface area contributed by atoms with Crippen molar-refractivity contribution in [3.63, 3.8) is 0 Å². The molecule has 0 radical (unpaired) electrons. The second-order valence-electron chi connectivity index (χ2n) is 27.0. The van der Waals surface area contributed by atoms with Crippen LogP contribution in [0.4, 0.5) is 24.5 Å². The van der Waals surface area contributed by atoms with Crippen molar-refractivity contribution >= 4 is 73.3 Å². The van der Waals surface area contributed by atoms with Crippen LogP contribution < -0.4 is 20.4 Å². The number of esters is 1. The van der Waals surface area contributed by atoms with Crippen LogP contribution in [0.3, 0.4) is 0 Å². The predicted molar refractivity (Wildman–Crippen MR) is 348 cm³/mol. The average Bonchev–Trinajstić information content (AvgIpc) is 1.17. The van der Waals surface area contributed by atoms with E-state index in [1.54, 1.807) is 11.0 Å². The molecule has 3 aromatic carbocycles. The van der Waals surface area contributed by atoms with Crippen LogP contribution in [-0.2, 0) is 60.8 Å². The molecular formula is C68H92ClF3N6O10P2. The molecule has 3 aromatic rings. The van der Waals surface area contributed by atoms with Gasteiger partial charge in [-0.05, 0) is 192 Å². The smallest absolute Gasteiger partial charge is 0.441 e. The molecule has 7 aliphatic rings. The van der Waals surface area contributed by atoms with Crippen LogP contribution in [0, 0.1) is 11.3 Å². The van der Waals surface area contributed by atoms with Crippen LogP contribution in [0.1, 0.15) is 216 Å². The van der Waals surface area contributed by atoms with Crippen LogP contribution >= 0.6 is 27.7 Å². The van der Waals surface area contributed by atoms with E-state index in [-0.39, 0.29) is 116 Å². The lowest BCUT2D eigenvalue weighted by Crippen LogP contribution is -2.51. The lowest BCUT2D eigenvalue weighted by atomic mass is 9.57. The fourth-order valence-corrected chi connectivity index (χ4v) is 19.1.